The third kappa shape index (κ3) is 4.05. The molecular weight excluding hydrogens is 232 g/mol. The largest absolute Gasteiger partial charge is 0.488 e. The lowest BCUT2D eigenvalue weighted by Crippen LogP contribution is -2.23. The van der Waals surface area contributed by atoms with Crippen LogP contribution in [0.5, 0.6) is 5.75 Å². The summed E-state index contributed by atoms with van der Waals surface area (Å²) in [7, 11) is 1.39. The van der Waals surface area contributed by atoms with Crippen molar-refractivity contribution in [2.45, 2.75) is 46.3 Å². The molecule has 0 saturated heterocycles. The molecule has 0 fully saturated rings. The Balaban J connectivity index is 2.84. The summed E-state index contributed by atoms with van der Waals surface area (Å²) in [6, 6.07) is -0.389. The van der Waals surface area contributed by atoms with E-state index in [0.29, 0.717) is 18.1 Å². The molecule has 0 unspecified atom stereocenters. The van der Waals surface area contributed by atoms with Crippen LogP contribution in [0.15, 0.2) is 12.4 Å². The number of aromatic nitrogens is 2. The number of nitrogens with zero attached hydrogens (tertiary/aromatic N) is 2. The molecule has 0 aliphatic carbocycles. The topological polar surface area (TPSA) is 53.4 Å². The highest BCUT2D eigenvalue weighted by Gasteiger charge is 2.23. The number of hydrogen-bond acceptors (Lipinski definition) is 4. The Morgan fingerprint density at radius 2 is 2.06 bits per heavy atom. The SMILES string of the molecule is COC(=O)[C@@H](CC(C)C)n1cc(OC(C)C)cn1. The van der Waals surface area contributed by atoms with E-state index in [2.05, 4.69) is 18.9 Å². The third-order valence-electron chi connectivity index (χ3n) is 2.44. The van der Waals surface area contributed by atoms with Crippen molar-refractivity contribution in [3.63, 3.8) is 0 Å². The second kappa shape index (κ2) is 6.42. The van der Waals surface area contributed by atoms with Gasteiger partial charge in [0, 0.05) is 0 Å². The lowest BCUT2D eigenvalue weighted by atomic mass is 10.0. The maximum absolute atomic E-state index is 11.8. The van der Waals surface area contributed by atoms with Crippen molar-refractivity contribution in [2.75, 3.05) is 7.11 Å². The Labute approximate surface area is 108 Å². The van der Waals surface area contributed by atoms with Gasteiger partial charge in [-0.15, -0.1) is 0 Å². The Morgan fingerprint density at radius 3 is 2.56 bits per heavy atom. The molecule has 18 heavy (non-hydrogen) atoms. The van der Waals surface area contributed by atoms with Gasteiger partial charge in [-0.2, -0.15) is 5.10 Å². The molecule has 0 aliphatic rings. The molecule has 1 aromatic rings. The summed E-state index contributed by atoms with van der Waals surface area (Å²) in [4.78, 5) is 11.8. The summed E-state index contributed by atoms with van der Waals surface area (Å²) in [6.07, 6.45) is 4.14. The van der Waals surface area contributed by atoms with E-state index in [1.54, 1.807) is 17.1 Å². The molecule has 0 aromatic carbocycles. The lowest BCUT2D eigenvalue weighted by Gasteiger charge is -2.17. The predicted octanol–water partition coefficient (Wildman–Crippen LogP) is 2.43. The summed E-state index contributed by atoms with van der Waals surface area (Å²) in [5.41, 5.74) is 0. The number of methoxy groups -OCH3 is 1. The zero-order valence-electron chi connectivity index (χ0n) is 11.7. The average molecular weight is 254 g/mol. The van der Waals surface area contributed by atoms with Gasteiger partial charge in [-0.3, -0.25) is 4.68 Å². The summed E-state index contributed by atoms with van der Waals surface area (Å²) in [5, 5.41) is 4.18. The monoisotopic (exact) mass is 254 g/mol. The molecule has 0 aliphatic heterocycles. The van der Waals surface area contributed by atoms with Crippen LogP contribution in [0.25, 0.3) is 0 Å². The van der Waals surface area contributed by atoms with Crippen LogP contribution in [-0.2, 0) is 9.53 Å². The fourth-order valence-electron chi connectivity index (χ4n) is 1.72. The van der Waals surface area contributed by atoms with Gasteiger partial charge in [0.2, 0.25) is 0 Å². The molecule has 1 heterocycles. The molecule has 0 spiro atoms. The molecule has 0 radical (unpaired) electrons. The van der Waals surface area contributed by atoms with Crippen LogP contribution in [0.2, 0.25) is 0 Å². The summed E-state index contributed by atoms with van der Waals surface area (Å²) in [6.45, 7) is 8.02. The minimum atomic E-state index is -0.389. The highest BCUT2D eigenvalue weighted by atomic mass is 16.5. The van der Waals surface area contributed by atoms with Crippen LogP contribution in [0.1, 0.15) is 40.2 Å². The summed E-state index contributed by atoms with van der Waals surface area (Å²) >= 11 is 0. The van der Waals surface area contributed by atoms with Crippen molar-refractivity contribution >= 4 is 5.97 Å². The summed E-state index contributed by atoms with van der Waals surface area (Å²) in [5.74, 6) is 0.776. The summed E-state index contributed by atoms with van der Waals surface area (Å²) < 4.78 is 12.0. The molecule has 0 N–H and O–H groups in total. The minimum Gasteiger partial charge on any atom is -0.488 e. The van der Waals surface area contributed by atoms with Crippen molar-refractivity contribution in [3.8, 4) is 5.75 Å². The zero-order valence-corrected chi connectivity index (χ0v) is 11.7. The van der Waals surface area contributed by atoms with Gasteiger partial charge in [0.25, 0.3) is 0 Å². The molecule has 1 aromatic heterocycles. The molecule has 5 nitrogen and oxygen atoms in total. The fraction of sp³-hybridized carbons (Fsp3) is 0.692. The first kappa shape index (κ1) is 14.5. The van der Waals surface area contributed by atoms with E-state index in [-0.39, 0.29) is 18.1 Å². The second-order valence-corrected chi connectivity index (χ2v) is 4.99. The molecule has 1 atom stereocenters. The fourth-order valence-corrected chi connectivity index (χ4v) is 1.72. The zero-order chi connectivity index (χ0) is 13.7. The first-order valence-corrected chi connectivity index (χ1v) is 6.22. The van der Waals surface area contributed by atoms with Crippen molar-refractivity contribution in [2.24, 2.45) is 5.92 Å². The number of carbonyl (C=O) groups is 1. The van der Waals surface area contributed by atoms with Gasteiger partial charge < -0.3 is 9.47 Å². The number of rotatable bonds is 6. The Hall–Kier alpha value is -1.52. The van der Waals surface area contributed by atoms with Gasteiger partial charge in [0.15, 0.2) is 5.75 Å². The van der Waals surface area contributed by atoms with Crippen molar-refractivity contribution in [1.29, 1.82) is 0 Å². The van der Waals surface area contributed by atoms with Crippen LogP contribution in [-0.4, -0.2) is 29.0 Å². The highest BCUT2D eigenvalue weighted by Crippen LogP contribution is 2.21. The third-order valence-corrected chi connectivity index (χ3v) is 2.44. The van der Waals surface area contributed by atoms with Gasteiger partial charge in [-0.05, 0) is 26.2 Å². The van der Waals surface area contributed by atoms with Crippen LogP contribution in [0, 0.1) is 5.92 Å². The van der Waals surface area contributed by atoms with Crippen molar-refractivity contribution in [1.82, 2.24) is 9.78 Å². The van der Waals surface area contributed by atoms with Gasteiger partial charge in [0.1, 0.15) is 6.04 Å². The predicted molar refractivity (Wildman–Crippen MR) is 68.5 cm³/mol. The van der Waals surface area contributed by atoms with Crippen LogP contribution < -0.4 is 4.74 Å². The van der Waals surface area contributed by atoms with E-state index in [1.807, 2.05) is 13.8 Å². The Morgan fingerprint density at radius 1 is 1.39 bits per heavy atom. The standard InChI is InChI=1S/C13H22N2O3/c1-9(2)6-12(13(16)17-5)15-8-11(7-14-15)18-10(3)4/h7-10,12H,6H2,1-5H3/t12-/m1/s1. The van der Waals surface area contributed by atoms with Crippen LogP contribution in [0.4, 0.5) is 0 Å². The van der Waals surface area contributed by atoms with E-state index in [0.717, 1.165) is 0 Å². The molecule has 5 heteroatoms. The van der Waals surface area contributed by atoms with Gasteiger partial charge >= 0.3 is 5.97 Å². The first-order valence-electron chi connectivity index (χ1n) is 6.22. The van der Waals surface area contributed by atoms with E-state index >= 15 is 0 Å². The van der Waals surface area contributed by atoms with Gasteiger partial charge in [-0.25, -0.2) is 4.79 Å². The van der Waals surface area contributed by atoms with E-state index in [1.165, 1.54) is 7.11 Å². The van der Waals surface area contributed by atoms with Crippen LogP contribution in [0.3, 0.4) is 0 Å². The molecule has 1 rings (SSSR count). The highest BCUT2D eigenvalue weighted by molar-refractivity contribution is 5.73. The smallest absolute Gasteiger partial charge is 0.330 e. The van der Waals surface area contributed by atoms with Gasteiger partial charge in [-0.1, -0.05) is 13.8 Å². The molecule has 102 valence electrons. The minimum absolute atomic E-state index is 0.0873. The molecule has 0 bridgehead atoms. The first-order chi connectivity index (χ1) is 8.43. The number of ether oxygens (including phenoxy) is 2. The quantitative estimate of drug-likeness (QED) is 0.732. The lowest BCUT2D eigenvalue weighted by molar-refractivity contribution is -0.145. The van der Waals surface area contributed by atoms with E-state index in [4.69, 9.17) is 9.47 Å². The molecular formula is C13H22N2O3. The number of carbonyl (C=O) groups excluding carboxylic acids is 1. The van der Waals surface area contributed by atoms with E-state index < -0.39 is 0 Å². The van der Waals surface area contributed by atoms with Crippen LogP contribution >= 0.6 is 0 Å². The average Bonchev–Trinajstić information content (AvgIpc) is 2.72. The van der Waals surface area contributed by atoms with Crippen molar-refractivity contribution < 1.29 is 14.3 Å². The van der Waals surface area contributed by atoms with Gasteiger partial charge in [0.05, 0.1) is 25.6 Å². The molecule has 0 amide bonds. The van der Waals surface area contributed by atoms with E-state index in [9.17, 15) is 4.79 Å². The Kier molecular flexibility index (Phi) is 5.19. The number of esters is 1. The number of hydrogen-bond donors (Lipinski definition) is 0. The second-order valence-electron chi connectivity index (χ2n) is 4.99. The van der Waals surface area contributed by atoms with Crippen molar-refractivity contribution in [3.05, 3.63) is 12.4 Å². The normalized spacial score (nSPS) is 12.8. The molecule has 0 saturated carbocycles. The maximum atomic E-state index is 11.8. The maximum Gasteiger partial charge on any atom is 0.330 e. The Bertz CT molecular complexity index is 385.